The van der Waals surface area contributed by atoms with Gasteiger partial charge in [-0.25, -0.2) is 4.39 Å². The summed E-state index contributed by atoms with van der Waals surface area (Å²) in [6.07, 6.45) is -0.107. The van der Waals surface area contributed by atoms with Crippen molar-refractivity contribution in [2.75, 3.05) is 7.05 Å². The normalized spacial score (nSPS) is 13.8. The van der Waals surface area contributed by atoms with Gasteiger partial charge >= 0.3 is 0 Å². The van der Waals surface area contributed by atoms with Gasteiger partial charge in [0.05, 0.1) is 6.04 Å². The molecule has 0 radical (unpaired) electrons. The van der Waals surface area contributed by atoms with E-state index in [-0.39, 0.29) is 18.0 Å². The van der Waals surface area contributed by atoms with Gasteiger partial charge in [-0.15, -0.1) is 0 Å². The molecule has 3 heteroatoms. The highest BCUT2D eigenvalue weighted by Crippen LogP contribution is 2.22. The van der Waals surface area contributed by atoms with E-state index < -0.39 is 0 Å². The average Bonchev–Trinajstić information content (AvgIpc) is 2.42. The molecule has 0 aromatic heterocycles. The summed E-state index contributed by atoms with van der Waals surface area (Å²) in [7, 11) is 1.90. The molecule has 0 aliphatic heterocycles. The molecule has 2 aromatic carbocycles. The molecule has 0 bridgehead atoms. The molecule has 1 N–H and O–H groups in total. The lowest BCUT2D eigenvalue weighted by Gasteiger charge is -2.25. The Balaban J connectivity index is 2.13. The van der Waals surface area contributed by atoms with E-state index in [2.05, 4.69) is 36.5 Å². The SMILES string of the molecule is CNC(c1ccc(C)cc1)C(C)Oc1cccc(F)c1. The zero-order chi connectivity index (χ0) is 14.5. The van der Waals surface area contributed by atoms with E-state index in [0.717, 1.165) is 5.56 Å². The summed E-state index contributed by atoms with van der Waals surface area (Å²) < 4.78 is 19.0. The first-order valence-electron chi connectivity index (χ1n) is 6.76. The molecule has 2 atom stereocenters. The number of aryl methyl sites for hydroxylation is 1. The van der Waals surface area contributed by atoms with Gasteiger partial charge in [-0.05, 0) is 38.6 Å². The van der Waals surface area contributed by atoms with Crippen LogP contribution in [0.3, 0.4) is 0 Å². The molecule has 2 rings (SSSR count). The second kappa shape index (κ2) is 6.53. The topological polar surface area (TPSA) is 21.3 Å². The fraction of sp³-hybridized carbons (Fsp3) is 0.294. The highest BCUT2D eigenvalue weighted by molar-refractivity contribution is 5.26. The predicted molar refractivity (Wildman–Crippen MR) is 79.5 cm³/mol. The van der Waals surface area contributed by atoms with Gasteiger partial charge in [0.25, 0.3) is 0 Å². The van der Waals surface area contributed by atoms with Crippen LogP contribution in [0.1, 0.15) is 24.1 Å². The predicted octanol–water partition coefficient (Wildman–Crippen LogP) is 3.86. The molecule has 0 fully saturated rings. The van der Waals surface area contributed by atoms with Crippen LogP contribution in [0.25, 0.3) is 0 Å². The summed E-state index contributed by atoms with van der Waals surface area (Å²) in [4.78, 5) is 0. The minimum absolute atomic E-state index is 0.0545. The minimum atomic E-state index is -0.286. The fourth-order valence-electron chi connectivity index (χ4n) is 2.27. The van der Waals surface area contributed by atoms with E-state index >= 15 is 0 Å². The van der Waals surface area contributed by atoms with Gasteiger partial charge in [-0.2, -0.15) is 0 Å². The summed E-state index contributed by atoms with van der Waals surface area (Å²) >= 11 is 0. The fourth-order valence-corrected chi connectivity index (χ4v) is 2.27. The maximum absolute atomic E-state index is 13.2. The Morgan fingerprint density at radius 2 is 1.80 bits per heavy atom. The zero-order valence-electron chi connectivity index (χ0n) is 12.1. The van der Waals surface area contributed by atoms with Crippen molar-refractivity contribution in [1.29, 1.82) is 0 Å². The maximum atomic E-state index is 13.2. The van der Waals surface area contributed by atoms with E-state index in [0.29, 0.717) is 5.75 Å². The quantitative estimate of drug-likeness (QED) is 0.893. The van der Waals surface area contributed by atoms with Crippen molar-refractivity contribution >= 4 is 0 Å². The third-order valence-electron chi connectivity index (χ3n) is 3.33. The van der Waals surface area contributed by atoms with E-state index in [1.54, 1.807) is 12.1 Å². The first-order valence-corrected chi connectivity index (χ1v) is 6.76. The van der Waals surface area contributed by atoms with E-state index in [9.17, 15) is 4.39 Å². The third-order valence-corrected chi connectivity index (χ3v) is 3.33. The number of likely N-dealkylation sites (N-methyl/N-ethyl adjacent to an activating group) is 1. The van der Waals surface area contributed by atoms with Crippen molar-refractivity contribution in [3.05, 3.63) is 65.5 Å². The molecule has 0 heterocycles. The number of rotatable bonds is 5. The molecule has 0 amide bonds. The van der Waals surface area contributed by atoms with Crippen LogP contribution in [0.2, 0.25) is 0 Å². The van der Waals surface area contributed by atoms with Gasteiger partial charge in [-0.1, -0.05) is 35.9 Å². The van der Waals surface area contributed by atoms with Gasteiger partial charge in [0.15, 0.2) is 0 Å². The zero-order valence-corrected chi connectivity index (χ0v) is 12.1. The Morgan fingerprint density at radius 1 is 1.10 bits per heavy atom. The van der Waals surface area contributed by atoms with Crippen molar-refractivity contribution in [2.45, 2.75) is 26.0 Å². The van der Waals surface area contributed by atoms with Crippen molar-refractivity contribution in [3.8, 4) is 5.75 Å². The Kier molecular flexibility index (Phi) is 4.74. The number of hydrogen-bond donors (Lipinski definition) is 1. The third kappa shape index (κ3) is 3.58. The molecule has 0 spiro atoms. The van der Waals surface area contributed by atoms with Crippen LogP contribution in [-0.4, -0.2) is 13.2 Å². The number of halogens is 1. The number of hydrogen-bond acceptors (Lipinski definition) is 2. The largest absolute Gasteiger partial charge is 0.489 e. The molecule has 0 aliphatic rings. The van der Waals surface area contributed by atoms with Gasteiger partial charge in [0.1, 0.15) is 17.7 Å². The lowest BCUT2D eigenvalue weighted by atomic mass is 10.0. The minimum Gasteiger partial charge on any atom is -0.489 e. The summed E-state index contributed by atoms with van der Waals surface area (Å²) in [5.41, 5.74) is 2.38. The number of benzene rings is 2. The molecule has 0 saturated heterocycles. The van der Waals surface area contributed by atoms with Crippen LogP contribution < -0.4 is 10.1 Å². The Bertz CT molecular complexity index is 553. The molecule has 2 aromatic rings. The first kappa shape index (κ1) is 14.5. The maximum Gasteiger partial charge on any atom is 0.126 e. The summed E-state index contributed by atoms with van der Waals surface area (Å²) in [5.74, 6) is 0.260. The van der Waals surface area contributed by atoms with Crippen LogP contribution in [0.5, 0.6) is 5.75 Å². The lowest BCUT2D eigenvalue weighted by molar-refractivity contribution is 0.174. The van der Waals surface area contributed by atoms with Crippen LogP contribution in [0.4, 0.5) is 4.39 Å². The van der Waals surface area contributed by atoms with Gasteiger partial charge in [0.2, 0.25) is 0 Å². The molecule has 0 saturated carbocycles. The van der Waals surface area contributed by atoms with Crippen LogP contribution in [-0.2, 0) is 0 Å². The number of ether oxygens (including phenoxy) is 1. The second-order valence-corrected chi connectivity index (χ2v) is 4.96. The summed E-state index contributed by atoms with van der Waals surface area (Å²) in [6, 6.07) is 14.6. The highest BCUT2D eigenvalue weighted by atomic mass is 19.1. The molecular formula is C17H20FNO. The van der Waals surface area contributed by atoms with Gasteiger partial charge in [-0.3, -0.25) is 0 Å². The van der Waals surface area contributed by atoms with Crippen LogP contribution in [0, 0.1) is 12.7 Å². The molecule has 2 nitrogen and oxygen atoms in total. The second-order valence-electron chi connectivity index (χ2n) is 4.96. The van der Waals surface area contributed by atoms with E-state index in [1.165, 1.54) is 17.7 Å². The Hall–Kier alpha value is -1.87. The smallest absolute Gasteiger partial charge is 0.126 e. The highest BCUT2D eigenvalue weighted by Gasteiger charge is 2.19. The average molecular weight is 273 g/mol. The van der Waals surface area contributed by atoms with Crippen molar-refractivity contribution in [2.24, 2.45) is 0 Å². The summed E-state index contributed by atoms with van der Waals surface area (Å²) in [6.45, 7) is 4.04. The van der Waals surface area contributed by atoms with Gasteiger partial charge in [0, 0.05) is 6.07 Å². The lowest BCUT2D eigenvalue weighted by Crippen LogP contribution is -2.31. The molecule has 20 heavy (non-hydrogen) atoms. The van der Waals surface area contributed by atoms with Crippen molar-refractivity contribution in [3.63, 3.8) is 0 Å². The standard InChI is InChI=1S/C17H20FNO/c1-12-7-9-14(10-8-12)17(19-3)13(2)20-16-6-4-5-15(18)11-16/h4-11,13,17,19H,1-3H3. The van der Waals surface area contributed by atoms with E-state index in [1.807, 2.05) is 14.0 Å². The first-order chi connectivity index (χ1) is 9.60. The monoisotopic (exact) mass is 273 g/mol. The molecule has 106 valence electrons. The van der Waals surface area contributed by atoms with Crippen LogP contribution >= 0.6 is 0 Å². The molecule has 0 aliphatic carbocycles. The number of nitrogens with one attached hydrogen (secondary N) is 1. The molecular weight excluding hydrogens is 253 g/mol. The van der Waals surface area contributed by atoms with Crippen molar-refractivity contribution in [1.82, 2.24) is 5.32 Å². The van der Waals surface area contributed by atoms with E-state index in [4.69, 9.17) is 4.74 Å². The summed E-state index contributed by atoms with van der Waals surface area (Å²) in [5, 5.41) is 3.25. The Labute approximate surface area is 119 Å². The van der Waals surface area contributed by atoms with Gasteiger partial charge < -0.3 is 10.1 Å². The van der Waals surface area contributed by atoms with Crippen molar-refractivity contribution < 1.29 is 9.13 Å². The molecule has 2 unspecified atom stereocenters. The Morgan fingerprint density at radius 3 is 2.40 bits per heavy atom. The van der Waals surface area contributed by atoms with Crippen LogP contribution in [0.15, 0.2) is 48.5 Å².